The molecule has 1 aromatic carbocycles. The van der Waals surface area contributed by atoms with Crippen molar-refractivity contribution < 1.29 is 9.47 Å². The summed E-state index contributed by atoms with van der Waals surface area (Å²) in [5.41, 5.74) is 1.43. The van der Waals surface area contributed by atoms with Crippen LogP contribution in [0.15, 0.2) is 12.1 Å². The lowest BCUT2D eigenvalue weighted by Crippen LogP contribution is -2.02. The third kappa shape index (κ3) is 2.20. The molecule has 0 fully saturated rings. The summed E-state index contributed by atoms with van der Waals surface area (Å²) >= 11 is 17.4. The Balaban J connectivity index is 2.12. The first-order chi connectivity index (χ1) is 8.54. The maximum atomic E-state index is 5.79. The molecule has 1 aliphatic rings. The predicted molar refractivity (Wildman–Crippen MR) is 70.9 cm³/mol. The average Bonchev–Trinajstić information content (AvgIpc) is 2.57. The highest BCUT2D eigenvalue weighted by atomic mass is 35.6. The van der Waals surface area contributed by atoms with E-state index in [1.807, 2.05) is 6.07 Å². The number of rotatable bonds is 0. The van der Waals surface area contributed by atoms with Gasteiger partial charge in [0, 0.05) is 18.6 Å². The first kappa shape index (κ1) is 12.2. The Hall–Kier alpha value is -0.840. The van der Waals surface area contributed by atoms with Gasteiger partial charge in [0.25, 0.3) is 0 Å². The molecule has 0 aliphatic carbocycles. The lowest BCUT2D eigenvalue weighted by molar-refractivity contribution is 0.297. The van der Waals surface area contributed by atoms with Crippen molar-refractivity contribution in [3.63, 3.8) is 0 Å². The summed E-state index contributed by atoms with van der Waals surface area (Å²) in [5, 5.41) is 0. The van der Waals surface area contributed by atoms with Gasteiger partial charge in [-0.2, -0.15) is 0 Å². The third-order valence-electron chi connectivity index (χ3n) is 2.62. The van der Waals surface area contributed by atoms with E-state index in [4.69, 9.17) is 44.3 Å². The fourth-order valence-electron chi connectivity index (χ4n) is 1.80. The van der Waals surface area contributed by atoms with E-state index in [1.165, 1.54) is 0 Å². The van der Waals surface area contributed by atoms with E-state index in [0.29, 0.717) is 30.2 Å². The van der Waals surface area contributed by atoms with Crippen molar-refractivity contribution in [2.24, 2.45) is 0 Å². The third-order valence-corrected chi connectivity index (χ3v) is 3.16. The Morgan fingerprint density at radius 1 is 1.11 bits per heavy atom. The number of nitrogens with one attached hydrogen (secondary N) is 1. The van der Waals surface area contributed by atoms with E-state index in [0.717, 1.165) is 11.9 Å². The topological polar surface area (TPSA) is 47.1 Å². The van der Waals surface area contributed by atoms with E-state index >= 15 is 0 Å². The first-order valence-electron chi connectivity index (χ1n) is 5.40. The molecule has 4 nitrogen and oxygen atoms in total. The van der Waals surface area contributed by atoms with E-state index in [2.05, 4.69) is 9.97 Å². The molecular formula is C11H9Cl3N2O2. The highest BCUT2D eigenvalue weighted by Gasteiger charge is 2.27. The Kier molecular flexibility index (Phi) is 2.96. The van der Waals surface area contributed by atoms with E-state index < -0.39 is 3.79 Å². The molecule has 0 saturated carbocycles. The Bertz CT molecular complexity index is 549. The second kappa shape index (κ2) is 4.37. The zero-order valence-electron chi connectivity index (χ0n) is 9.17. The van der Waals surface area contributed by atoms with Crippen molar-refractivity contribution in [2.75, 3.05) is 13.2 Å². The molecule has 2 heterocycles. The van der Waals surface area contributed by atoms with Crippen LogP contribution in [-0.4, -0.2) is 23.2 Å². The number of halogens is 3. The van der Waals surface area contributed by atoms with Crippen LogP contribution in [0.1, 0.15) is 12.2 Å². The zero-order valence-corrected chi connectivity index (χ0v) is 11.4. The van der Waals surface area contributed by atoms with Crippen LogP contribution in [0.25, 0.3) is 11.0 Å². The van der Waals surface area contributed by atoms with Gasteiger partial charge in [-0.05, 0) is 0 Å². The lowest BCUT2D eigenvalue weighted by atomic mass is 10.3. The summed E-state index contributed by atoms with van der Waals surface area (Å²) in [6.07, 6.45) is 0.857. The minimum absolute atomic E-state index is 0.280. The fraction of sp³-hybridized carbons (Fsp3) is 0.364. The second-order valence-corrected chi connectivity index (χ2v) is 6.23. The molecule has 96 valence electrons. The quantitative estimate of drug-likeness (QED) is 0.757. The minimum atomic E-state index is -1.57. The molecule has 2 aromatic rings. The number of H-pyrrole nitrogens is 1. The Labute approximate surface area is 118 Å². The molecule has 18 heavy (non-hydrogen) atoms. The predicted octanol–water partition coefficient (Wildman–Crippen LogP) is 3.55. The summed E-state index contributed by atoms with van der Waals surface area (Å²) in [6.45, 7) is 1.25. The van der Waals surface area contributed by atoms with Gasteiger partial charge in [0.05, 0.1) is 24.2 Å². The second-order valence-electron chi connectivity index (χ2n) is 3.95. The summed E-state index contributed by atoms with van der Waals surface area (Å²) in [4.78, 5) is 7.20. The SMILES string of the molecule is ClC(Cl)(Cl)c1nc2cc3c(cc2[nH]1)OCCCO3. The maximum absolute atomic E-state index is 5.79. The smallest absolute Gasteiger partial charge is 0.248 e. The summed E-state index contributed by atoms with van der Waals surface area (Å²) in [5.74, 6) is 1.63. The van der Waals surface area contributed by atoms with Gasteiger partial charge in [-0.25, -0.2) is 4.98 Å². The van der Waals surface area contributed by atoms with Crippen molar-refractivity contribution in [3.8, 4) is 11.5 Å². The lowest BCUT2D eigenvalue weighted by Gasteiger charge is -2.05. The molecule has 7 heteroatoms. The number of hydrogen-bond donors (Lipinski definition) is 1. The molecule has 1 N–H and O–H groups in total. The van der Waals surface area contributed by atoms with Gasteiger partial charge in [-0.15, -0.1) is 0 Å². The van der Waals surface area contributed by atoms with Crippen molar-refractivity contribution in [3.05, 3.63) is 18.0 Å². The summed E-state index contributed by atoms with van der Waals surface area (Å²) < 4.78 is 9.58. The number of ether oxygens (including phenoxy) is 2. The van der Waals surface area contributed by atoms with Gasteiger partial charge in [0.2, 0.25) is 3.79 Å². The molecule has 0 bridgehead atoms. The first-order valence-corrected chi connectivity index (χ1v) is 6.54. The Morgan fingerprint density at radius 2 is 1.78 bits per heavy atom. The van der Waals surface area contributed by atoms with Crippen LogP contribution >= 0.6 is 34.8 Å². The zero-order chi connectivity index (χ0) is 12.8. The molecule has 0 amide bonds. The van der Waals surface area contributed by atoms with Gasteiger partial charge >= 0.3 is 0 Å². The number of aromatic amines is 1. The number of hydrogen-bond acceptors (Lipinski definition) is 3. The van der Waals surface area contributed by atoms with Crippen LogP contribution in [0.5, 0.6) is 11.5 Å². The highest BCUT2D eigenvalue weighted by Crippen LogP contribution is 2.39. The number of nitrogens with zero attached hydrogens (tertiary/aromatic N) is 1. The highest BCUT2D eigenvalue weighted by molar-refractivity contribution is 6.66. The number of aromatic nitrogens is 2. The van der Waals surface area contributed by atoms with Gasteiger partial charge in [-0.3, -0.25) is 0 Å². The van der Waals surface area contributed by atoms with Crippen molar-refractivity contribution in [1.29, 1.82) is 0 Å². The van der Waals surface area contributed by atoms with Gasteiger partial charge in [0.1, 0.15) is 0 Å². The minimum Gasteiger partial charge on any atom is -0.489 e. The van der Waals surface area contributed by atoms with Crippen LogP contribution in [0.2, 0.25) is 0 Å². The largest absolute Gasteiger partial charge is 0.489 e. The number of imidazole rings is 1. The standard InChI is InChI=1S/C11H9Cl3N2O2/c12-11(13,14)10-15-6-4-8-9(5-7(6)16-10)18-3-1-2-17-8/h4-5H,1-3H2,(H,15,16). The van der Waals surface area contributed by atoms with E-state index in [9.17, 15) is 0 Å². The fourth-order valence-corrected chi connectivity index (χ4v) is 2.07. The molecule has 0 saturated heterocycles. The summed E-state index contributed by atoms with van der Waals surface area (Å²) in [6, 6.07) is 3.59. The molecular weight excluding hydrogens is 298 g/mol. The van der Waals surface area contributed by atoms with Crippen molar-refractivity contribution in [1.82, 2.24) is 9.97 Å². The Morgan fingerprint density at radius 3 is 2.44 bits per heavy atom. The number of alkyl halides is 3. The van der Waals surface area contributed by atoms with Crippen LogP contribution < -0.4 is 9.47 Å². The summed E-state index contributed by atoms with van der Waals surface area (Å²) in [7, 11) is 0. The normalized spacial score (nSPS) is 15.7. The molecule has 1 aliphatic heterocycles. The molecule has 1 aromatic heterocycles. The molecule has 3 rings (SSSR count). The maximum Gasteiger partial charge on any atom is 0.248 e. The van der Waals surface area contributed by atoms with Crippen molar-refractivity contribution >= 4 is 45.8 Å². The van der Waals surface area contributed by atoms with E-state index in [1.54, 1.807) is 6.07 Å². The van der Waals surface area contributed by atoms with Crippen LogP contribution in [0.3, 0.4) is 0 Å². The molecule has 0 atom stereocenters. The van der Waals surface area contributed by atoms with Gasteiger partial charge in [-0.1, -0.05) is 34.8 Å². The molecule has 0 spiro atoms. The van der Waals surface area contributed by atoms with Crippen LogP contribution in [0, 0.1) is 0 Å². The van der Waals surface area contributed by atoms with Gasteiger partial charge < -0.3 is 14.5 Å². The monoisotopic (exact) mass is 306 g/mol. The van der Waals surface area contributed by atoms with Gasteiger partial charge in [0.15, 0.2) is 17.3 Å². The number of fused-ring (bicyclic) bond motifs is 2. The molecule has 0 unspecified atom stereocenters. The van der Waals surface area contributed by atoms with Crippen molar-refractivity contribution in [2.45, 2.75) is 10.2 Å². The van der Waals surface area contributed by atoms with Crippen LogP contribution in [0.4, 0.5) is 0 Å². The molecule has 0 radical (unpaired) electrons. The van der Waals surface area contributed by atoms with E-state index in [-0.39, 0.29) is 5.82 Å². The average molecular weight is 308 g/mol. The van der Waals surface area contributed by atoms with Crippen LogP contribution in [-0.2, 0) is 3.79 Å². The number of benzene rings is 1.